The number of fused-ring (bicyclic) bond motifs is 9. The van der Waals surface area contributed by atoms with E-state index >= 15 is 0 Å². The quantitative estimate of drug-likeness (QED) is 0.195. The summed E-state index contributed by atoms with van der Waals surface area (Å²) in [5.74, 6) is 0. The monoisotopic (exact) mass is 626 g/mol. The summed E-state index contributed by atoms with van der Waals surface area (Å²) in [5.41, 5.74) is 7.91. The molecule has 4 heterocycles. The zero-order valence-electron chi connectivity index (χ0n) is 23.8. The molecule has 0 bridgehead atoms. The van der Waals surface area contributed by atoms with E-state index in [0.29, 0.717) is 0 Å². The van der Waals surface area contributed by atoms with Gasteiger partial charge >= 0.3 is 0 Å². The second kappa shape index (κ2) is 9.78. The summed E-state index contributed by atoms with van der Waals surface area (Å²) < 4.78 is 6.53. The molecule has 0 radical (unpaired) electrons. The lowest BCUT2D eigenvalue weighted by Gasteiger charge is -2.07. The molecular weight excluding hydrogens is 605 g/mol. The van der Waals surface area contributed by atoms with Gasteiger partial charge in [0.05, 0.1) is 11.9 Å². The Bertz CT molecular complexity index is 2780. The van der Waals surface area contributed by atoms with Gasteiger partial charge in [0.2, 0.25) is 0 Å². The average Bonchev–Trinajstić information content (AvgIpc) is 3.79. The fourth-order valence-corrected chi connectivity index (χ4v) is 10.3. The number of benzene rings is 6. The van der Waals surface area contributed by atoms with Crippen molar-refractivity contribution in [3.05, 3.63) is 134 Å². The molecule has 0 fully saturated rings. The van der Waals surface area contributed by atoms with Crippen LogP contribution in [0.1, 0.15) is 0 Å². The van der Waals surface area contributed by atoms with Crippen molar-refractivity contribution in [1.29, 1.82) is 0 Å². The first-order valence-corrected chi connectivity index (χ1v) is 17.4. The first-order valence-electron chi connectivity index (χ1n) is 14.9. The van der Waals surface area contributed by atoms with Crippen LogP contribution in [0.25, 0.3) is 94.3 Å². The van der Waals surface area contributed by atoms with E-state index < -0.39 is 0 Å². The number of thiophene rings is 3. The van der Waals surface area contributed by atoms with Gasteiger partial charge in [0.1, 0.15) is 10.3 Å². The van der Waals surface area contributed by atoms with Gasteiger partial charge in [0, 0.05) is 67.1 Å². The molecule has 0 atom stereocenters. The van der Waals surface area contributed by atoms with E-state index in [9.17, 15) is 0 Å². The summed E-state index contributed by atoms with van der Waals surface area (Å²) in [5, 5.41) is 6.43. The van der Waals surface area contributed by atoms with Crippen LogP contribution >= 0.6 is 34.0 Å². The van der Waals surface area contributed by atoms with Crippen LogP contribution in [0, 0.1) is 0 Å². The van der Waals surface area contributed by atoms with Gasteiger partial charge in [0.15, 0.2) is 0 Å². The summed E-state index contributed by atoms with van der Waals surface area (Å²) in [4.78, 5) is 11.2. The van der Waals surface area contributed by atoms with E-state index in [4.69, 9.17) is 9.97 Å². The Hall–Kier alpha value is -4.94. The summed E-state index contributed by atoms with van der Waals surface area (Å²) in [6.07, 6.45) is 1.94. The van der Waals surface area contributed by atoms with Gasteiger partial charge in [-0.05, 0) is 29.3 Å². The predicted molar refractivity (Wildman–Crippen MR) is 197 cm³/mol. The first-order chi connectivity index (χ1) is 22.3. The zero-order chi connectivity index (χ0) is 29.5. The zero-order valence-corrected chi connectivity index (χ0v) is 26.3. The van der Waals surface area contributed by atoms with Gasteiger partial charge in [-0.1, -0.05) is 109 Å². The minimum absolute atomic E-state index is 0.896. The highest BCUT2D eigenvalue weighted by Gasteiger charge is 2.17. The van der Waals surface area contributed by atoms with Crippen LogP contribution in [0.4, 0.5) is 0 Å². The molecule has 0 N–H and O–H groups in total. The van der Waals surface area contributed by atoms with Crippen LogP contribution in [0.3, 0.4) is 0 Å². The fraction of sp³-hybridized carbons (Fsp3) is 0. The molecule has 6 aromatic carbocycles. The Morgan fingerprint density at radius 2 is 0.956 bits per heavy atom. The van der Waals surface area contributed by atoms with Crippen LogP contribution in [0.2, 0.25) is 0 Å². The van der Waals surface area contributed by atoms with Crippen molar-refractivity contribution >= 4 is 94.8 Å². The summed E-state index contributed by atoms with van der Waals surface area (Å²) in [6.45, 7) is 0. The third kappa shape index (κ3) is 3.85. The molecule has 0 saturated carbocycles. The maximum absolute atomic E-state index is 5.21. The maximum atomic E-state index is 5.21. The van der Waals surface area contributed by atoms with Crippen molar-refractivity contribution in [2.24, 2.45) is 0 Å². The number of hydrogen-bond acceptors (Lipinski definition) is 5. The summed E-state index contributed by atoms with van der Waals surface area (Å²) >= 11 is 5.48. The Kier molecular flexibility index (Phi) is 5.52. The maximum Gasteiger partial charge on any atom is 0.143 e. The number of aromatic nitrogens is 2. The van der Waals surface area contributed by atoms with Gasteiger partial charge in [0.25, 0.3) is 0 Å². The molecule has 0 spiro atoms. The minimum Gasteiger partial charge on any atom is -0.251 e. The largest absolute Gasteiger partial charge is 0.251 e. The van der Waals surface area contributed by atoms with E-state index in [-0.39, 0.29) is 0 Å². The van der Waals surface area contributed by atoms with Gasteiger partial charge in [-0.25, -0.2) is 4.98 Å². The van der Waals surface area contributed by atoms with Crippen LogP contribution in [0.5, 0.6) is 0 Å². The number of rotatable bonds is 3. The van der Waals surface area contributed by atoms with E-state index in [2.05, 4.69) is 127 Å². The van der Waals surface area contributed by atoms with Crippen LogP contribution < -0.4 is 0 Å². The molecule has 10 aromatic rings. The smallest absolute Gasteiger partial charge is 0.143 e. The Balaban J connectivity index is 1.11. The standard InChI is InChI=1S/C40H22N2S3/c1-3-19-34-26(11-1)28-14-6-13-25(37(28)43-34)23-9-5-10-24(21-23)33-22-41-36-32-18-8-17-31(39(32)45-40(36)42-33)30-16-7-15-29-27-12-2-4-20-35(27)44-38(29)30/h1-22H. The highest BCUT2D eigenvalue weighted by Crippen LogP contribution is 2.45. The second-order valence-electron chi connectivity index (χ2n) is 11.3. The number of nitrogens with zero attached hydrogens (tertiary/aromatic N) is 2. The fourth-order valence-electron chi connectivity index (χ4n) is 6.69. The summed E-state index contributed by atoms with van der Waals surface area (Å²) in [7, 11) is 0. The van der Waals surface area contributed by atoms with E-state index in [1.54, 1.807) is 11.3 Å². The molecule has 45 heavy (non-hydrogen) atoms. The molecule has 0 unspecified atom stereocenters. The molecular formula is C40H22N2S3. The molecule has 4 aromatic heterocycles. The van der Waals surface area contributed by atoms with Crippen LogP contribution in [0.15, 0.2) is 134 Å². The highest BCUT2D eigenvalue weighted by molar-refractivity contribution is 7.27. The van der Waals surface area contributed by atoms with E-state index in [1.807, 2.05) is 28.9 Å². The van der Waals surface area contributed by atoms with Crippen molar-refractivity contribution in [1.82, 2.24) is 9.97 Å². The third-order valence-electron chi connectivity index (χ3n) is 8.78. The lowest BCUT2D eigenvalue weighted by Crippen LogP contribution is -1.87. The van der Waals surface area contributed by atoms with Crippen LogP contribution in [-0.4, -0.2) is 9.97 Å². The van der Waals surface area contributed by atoms with E-state index in [0.717, 1.165) is 27.0 Å². The SMILES string of the molecule is c1cc(-c2cnc3c(n2)sc2c(-c4cccc5c4sc4ccccc45)cccc23)cc(-c2cccc3c2sc2ccccc23)c1. The molecule has 0 amide bonds. The Morgan fingerprint density at radius 3 is 1.67 bits per heavy atom. The van der Waals surface area contributed by atoms with Gasteiger partial charge in [-0.2, -0.15) is 0 Å². The topological polar surface area (TPSA) is 25.8 Å². The highest BCUT2D eigenvalue weighted by atomic mass is 32.1. The molecule has 5 heteroatoms. The lowest BCUT2D eigenvalue weighted by atomic mass is 10.00. The molecule has 10 rings (SSSR count). The Morgan fingerprint density at radius 1 is 0.422 bits per heavy atom. The Labute approximate surface area is 270 Å². The molecule has 0 aliphatic heterocycles. The van der Waals surface area contributed by atoms with Crippen molar-refractivity contribution < 1.29 is 0 Å². The second-order valence-corrected chi connectivity index (χ2v) is 14.4. The molecule has 0 aliphatic rings. The number of hydrogen-bond donors (Lipinski definition) is 0. The average molecular weight is 627 g/mol. The lowest BCUT2D eigenvalue weighted by molar-refractivity contribution is 1.32. The normalized spacial score (nSPS) is 12.0. The van der Waals surface area contributed by atoms with Gasteiger partial charge in [-0.15, -0.1) is 34.0 Å². The first kappa shape index (κ1) is 25.4. The molecule has 0 aliphatic carbocycles. The molecule has 0 saturated heterocycles. The minimum atomic E-state index is 0.896. The van der Waals surface area contributed by atoms with E-state index in [1.165, 1.54) is 67.3 Å². The van der Waals surface area contributed by atoms with Gasteiger partial charge in [-0.3, -0.25) is 4.98 Å². The summed E-state index contributed by atoms with van der Waals surface area (Å²) in [6, 6.07) is 46.0. The third-order valence-corrected chi connectivity index (χ3v) is 12.3. The van der Waals surface area contributed by atoms with Crippen molar-refractivity contribution in [3.8, 4) is 33.5 Å². The van der Waals surface area contributed by atoms with Crippen LogP contribution in [-0.2, 0) is 0 Å². The molecule has 2 nitrogen and oxygen atoms in total. The van der Waals surface area contributed by atoms with Crippen molar-refractivity contribution in [3.63, 3.8) is 0 Å². The predicted octanol–water partition coefficient (Wildman–Crippen LogP) is 12.6. The van der Waals surface area contributed by atoms with Gasteiger partial charge < -0.3 is 0 Å². The molecule has 210 valence electrons. The van der Waals surface area contributed by atoms with Crippen molar-refractivity contribution in [2.45, 2.75) is 0 Å². The van der Waals surface area contributed by atoms with Crippen molar-refractivity contribution in [2.75, 3.05) is 0 Å².